The van der Waals surface area contributed by atoms with E-state index in [0.29, 0.717) is 30.0 Å². The number of para-hydroxylation sites is 1. The van der Waals surface area contributed by atoms with Crippen molar-refractivity contribution < 1.29 is 13.9 Å². The summed E-state index contributed by atoms with van der Waals surface area (Å²) >= 11 is 4.73. The number of thioether (sulfide) groups is 1. The molecule has 1 heterocycles. The van der Waals surface area contributed by atoms with Crippen molar-refractivity contribution in [2.24, 2.45) is 0 Å². The molecule has 0 saturated carbocycles. The van der Waals surface area contributed by atoms with E-state index < -0.39 is 0 Å². The molecule has 0 aliphatic carbocycles. The minimum Gasteiger partial charge on any atom is -0.493 e. The van der Waals surface area contributed by atoms with Gasteiger partial charge < -0.3 is 14.1 Å². The predicted octanol–water partition coefficient (Wildman–Crippen LogP) is 4.65. The molecule has 3 aromatic rings. The Kier molecular flexibility index (Phi) is 7.11. The number of ether oxygens (including phenoxy) is 1. The Hall–Kier alpha value is -2.32. The Morgan fingerprint density at radius 3 is 2.71 bits per heavy atom. The molecule has 0 spiro atoms. The maximum atomic E-state index is 12.4. The van der Waals surface area contributed by atoms with Gasteiger partial charge in [0.05, 0.1) is 17.9 Å². The molecule has 1 aromatic heterocycles. The van der Waals surface area contributed by atoms with E-state index >= 15 is 0 Å². The summed E-state index contributed by atoms with van der Waals surface area (Å²) in [5, 5.41) is 8.47. The molecule has 0 aliphatic heterocycles. The molecule has 28 heavy (non-hydrogen) atoms. The molecule has 2 aromatic carbocycles. The molecule has 0 bridgehead atoms. The van der Waals surface area contributed by atoms with Crippen LogP contribution in [-0.4, -0.2) is 40.4 Å². The van der Waals surface area contributed by atoms with Gasteiger partial charge in [0.25, 0.3) is 11.1 Å². The first-order chi connectivity index (χ1) is 13.6. The molecule has 1 amide bonds. The molecule has 0 unspecified atom stereocenters. The van der Waals surface area contributed by atoms with Crippen LogP contribution in [0, 0.1) is 0 Å². The van der Waals surface area contributed by atoms with E-state index in [0.717, 1.165) is 15.6 Å². The van der Waals surface area contributed by atoms with Crippen LogP contribution in [0.25, 0.3) is 11.5 Å². The molecule has 146 valence electrons. The van der Waals surface area contributed by atoms with Gasteiger partial charge in [-0.1, -0.05) is 58.0 Å². The highest BCUT2D eigenvalue weighted by atomic mass is 79.9. The van der Waals surface area contributed by atoms with E-state index in [1.165, 1.54) is 11.8 Å². The third-order valence-corrected chi connectivity index (χ3v) is 5.51. The molecule has 0 N–H and O–H groups in total. The standard InChI is InChI=1S/C20H20BrN3O3S/c1-3-26-17-11-7-5-9-15(17)19-22-23-20(27-19)28-13-18(25)24(2)12-14-8-4-6-10-16(14)21/h4-11H,3,12-13H2,1-2H3. The molecule has 3 rings (SSSR count). The van der Waals surface area contributed by atoms with E-state index in [2.05, 4.69) is 26.1 Å². The summed E-state index contributed by atoms with van der Waals surface area (Å²) in [6.45, 7) is 2.99. The number of carbonyl (C=O) groups excluding carboxylic acids is 1. The average Bonchev–Trinajstić information content (AvgIpc) is 3.17. The van der Waals surface area contributed by atoms with Gasteiger partial charge in [-0.25, -0.2) is 0 Å². The van der Waals surface area contributed by atoms with Crippen LogP contribution in [0.1, 0.15) is 12.5 Å². The summed E-state index contributed by atoms with van der Waals surface area (Å²) < 4.78 is 12.3. The Labute approximate surface area is 176 Å². The van der Waals surface area contributed by atoms with E-state index in [1.54, 1.807) is 11.9 Å². The molecule has 0 radical (unpaired) electrons. The number of benzene rings is 2. The second kappa shape index (κ2) is 9.75. The Morgan fingerprint density at radius 1 is 1.18 bits per heavy atom. The first-order valence-electron chi connectivity index (χ1n) is 8.74. The van der Waals surface area contributed by atoms with Gasteiger partial charge in [0, 0.05) is 18.1 Å². The topological polar surface area (TPSA) is 68.5 Å². The van der Waals surface area contributed by atoms with Crippen LogP contribution in [-0.2, 0) is 11.3 Å². The van der Waals surface area contributed by atoms with Crippen LogP contribution in [0.4, 0.5) is 0 Å². The quantitative estimate of drug-likeness (QED) is 0.454. The lowest BCUT2D eigenvalue weighted by atomic mass is 10.2. The SMILES string of the molecule is CCOc1ccccc1-c1nnc(SCC(=O)N(C)Cc2ccccc2Br)o1. The molecular weight excluding hydrogens is 442 g/mol. The van der Waals surface area contributed by atoms with Crippen molar-refractivity contribution in [3.63, 3.8) is 0 Å². The summed E-state index contributed by atoms with van der Waals surface area (Å²) in [7, 11) is 1.78. The number of hydrogen-bond acceptors (Lipinski definition) is 6. The van der Waals surface area contributed by atoms with Crippen LogP contribution in [0.3, 0.4) is 0 Å². The Morgan fingerprint density at radius 2 is 1.93 bits per heavy atom. The van der Waals surface area contributed by atoms with Crippen molar-refractivity contribution in [1.29, 1.82) is 0 Å². The molecule has 0 fully saturated rings. The Balaban J connectivity index is 1.60. The zero-order chi connectivity index (χ0) is 19.9. The van der Waals surface area contributed by atoms with Crippen LogP contribution in [0.5, 0.6) is 5.75 Å². The van der Waals surface area contributed by atoms with Crippen molar-refractivity contribution >= 4 is 33.6 Å². The summed E-state index contributed by atoms with van der Waals surface area (Å²) in [6, 6.07) is 15.3. The first kappa shape index (κ1) is 20.4. The second-order valence-electron chi connectivity index (χ2n) is 5.93. The maximum absolute atomic E-state index is 12.4. The summed E-state index contributed by atoms with van der Waals surface area (Å²) in [6.07, 6.45) is 0. The lowest BCUT2D eigenvalue weighted by molar-refractivity contribution is -0.127. The highest BCUT2D eigenvalue weighted by molar-refractivity contribution is 9.10. The molecule has 0 atom stereocenters. The monoisotopic (exact) mass is 461 g/mol. The number of hydrogen-bond donors (Lipinski definition) is 0. The summed E-state index contributed by atoms with van der Waals surface area (Å²) in [5.41, 5.74) is 1.79. The lowest BCUT2D eigenvalue weighted by Crippen LogP contribution is -2.27. The fourth-order valence-electron chi connectivity index (χ4n) is 2.51. The van der Waals surface area contributed by atoms with Crippen LogP contribution in [0.2, 0.25) is 0 Å². The van der Waals surface area contributed by atoms with E-state index in [4.69, 9.17) is 9.15 Å². The van der Waals surface area contributed by atoms with Crippen molar-refractivity contribution in [1.82, 2.24) is 15.1 Å². The molecule has 0 aliphatic rings. The van der Waals surface area contributed by atoms with Gasteiger partial charge in [-0.3, -0.25) is 4.79 Å². The van der Waals surface area contributed by atoms with Gasteiger partial charge in [-0.05, 0) is 30.7 Å². The van der Waals surface area contributed by atoms with E-state index in [-0.39, 0.29) is 11.7 Å². The van der Waals surface area contributed by atoms with Gasteiger partial charge in [-0.15, -0.1) is 10.2 Å². The third-order valence-electron chi connectivity index (χ3n) is 3.93. The maximum Gasteiger partial charge on any atom is 0.277 e. The summed E-state index contributed by atoms with van der Waals surface area (Å²) in [5.74, 6) is 1.26. The summed E-state index contributed by atoms with van der Waals surface area (Å²) in [4.78, 5) is 14.1. The van der Waals surface area contributed by atoms with Gasteiger partial charge >= 0.3 is 0 Å². The van der Waals surface area contributed by atoms with Crippen molar-refractivity contribution in [3.8, 4) is 17.2 Å². The van der Waals surface area contributed by atoms with Crippen molar-refractivity contribution in [2.45, 2.75) is 18.7 Å². The normalized spacial score (nSPS) is 10.7. The first-order valence-corrected chi connectivity index (χ1v) is 10.5. The lowest BCUT2D eigenvalue weighted by Gasteiger charge is -2.17. The largest absolute Gasteiger partial charge is 0.493 e. The van der Waals surface area contributed by atoms with Gasteiger partial charge in [0.2, 0.25) is 5.91 Å². The number of halogens is 1. The molecular formula is C20H20BrN3O3S. The zero-order valence-electron chi connectivity index (χ0n) is 15.6. The van der Waals surface area contributed by atoms with E-state index in [9.17, 15) is 4.79 Å². The van der Waals surface area contributed by atoms with Crippen molar-refractivity contribution in [2.75, 3.05) is 19.4 Å². The third kappa shape index (κ3) is 5.14. The molecule has 8 heteroatoms. The number of rotatable bonds is 8. The Bertz CT molecular complexity index is 948. The van der Waals surface area contributed by atoms with Gasteiger partial charge in [-0.2, -0.15) is 0 Å². The van der Waals surface area contributed by atoms with E-state index in [1.807, 2.05) is 55.5 Å². The van der Waals surface area contributed by atoms with Crippen LogP contribution < -0.4 is 4.74 Å². The number of nitrogens with zero attached hydrogens (tertiary/aromatic N) is 3. The highest BCUT2D eigenvalue weighted by Gasteiger charge is 2.16. The minimum absolute atomic E-state index is 0.0183. The number of amides is 1. The zero-order valence-corrected chi connectivity index (χ0v) is 18.0. The average molecular weight is 462 g/mol. The van der Waals surface area contributed by atoms with Gasteiger partial charge in [0.1, 0.15) is 5.75 Å². The highest BCUT2D eigenvalue weighted by Crippen LogP contribution is 2.30. The van der Waals surface area contributed by atoms with Crippen LogP contribution in [0.15, 0.2) is 62.6 Å². The predicted molar refractivity (Wildman–Crippen MR) is 112 cm³/mol. The van der Waals surface area contributed by atoms with Crippen molar-refractivity contribution in [3.05, 3.63) is 58.6 Å². The fourth-order valence-corrected chi connectivity index (χ4v) is 3.62. The minimum atomic E-state index is -0.0183. The molecule has 0 saturated heterocycles. The number of aromatic nitrogens is 2. The molecule has 6 nitrogen and oxygen atoms in total. The van der Waals surface area contributed by atoms with Crippen LogP contribution >= 0.6 is 27.7 Å². The van der Waals surface area contributed by atoms with Gasteiger partial charge in [0.15, 0.2) is 0 Å². The number of carbonyl (C=O) groups is 1. The smallest absolute Gasteiger partial charge is 0.277 e. The second-order valence-corrected chi connectivity index (χ2v) is 7.71. The fraction of sp³-hybridized carbons (Fsp3) is 0.250.